The van der Waals surface area contributed by atoms with Crippen LogP contribution in [0, 0.1) is 0 Å². The van der Waals surface area contributed by atoms with E-state index in [9.17, 15) is 0 Å². The quantitative estimate of drug-likeness (QED) is 0.646. The summed E-state index contributed by atoms with van der Waals surface area (Å²) >= 11 is 0. The highest BCUT2D eigenvalue weighted by Crippen LogP contribution is 2.28. The normalized spacial score (nSPS) is 10.9. The van der Waals surface area contributed by atoms with Crippen molar-refractivity contribution in [3.63, 3.8) is 0 Å². The van der Waals surface area contributed by atoms with Crippen LogP contribution < -0.4 is 10.6 Å². The Morgan fingerprint density at radius 1 is 1.24 bits per heavy atom. The van der Waals surface area contributed by atoms with Crippen molar-refractivity contribution in [3.05, 3.63) is 11.9 Å². The first kappa shape index (κ1) is 13.7. The number of rotatable bonds is 6. The summed E-state index contributed by atoms with van der Waals surface area (Å²) in [6.45, 7) is 4.85. The number of aliphatic hydroxyl groups excluding tert-OH is 2. The monoisotopic (exact) mass is 240 g/mol. The average Bonchev–Trinajstić information content (AvgIpc) is 2.28. The number of aromatic nitrogens is 2. The van der Waals surface area contributed by atoms with Crippen molar-refractivity contribution in [2.75, 3.05) is 36.9 Å². The van der Waals surface area contributed by atoms with Gasteiger partial charge in [0.25, 0.3) is 0 Å². The van der Waals surface area contributed by atoms with E-state index in [1.807, 2.05) is 18.7 Å². The molecular formula is C11H20N4O2. The molecule has 17 heavy (non-hydrogen) atoms. The maximum atomic E-state index is 9.03. The lowest BCUT2D eigenvalue weighted by Gasteiger charge is -2.25. The molecule has 0 fully saturated rings. The lowest BCUT2D eigenvalue weighted by Crippen LogP contribution is -2.32. The third-order valence-electron chi connectivity index (χ3n) is 2.51. The number of nitrogen functional groups attached to an aromatic ring is 1. The highest BCUT2D eigenvalue weighted by molar-refractivity contribution is 5.58. The molecule has 0 aromatic carbocycles. The number of aliphatic hydroxyl groups is 2. The van der Waals surface area contributed by atoms with Crippen LogP contribution in [-0.2, 0) is 0 Å². The Hall–Kier alpha value is -1.40. The number of hydrogen-bond donors (Lipinski definition) is 3. The first-order valence-electron chi connectivity index (χ1n) is 5.68. The molecule has 0 saturated carbocycles. The van der Waals surface area contributed by atoms with Crippen LogP contribution in [0.3, 0.4) is 0 Å². The lowest BCUT2D eigenvalue weighted by molar-refractivity contribution is 0.280. The summed E-state index contributed by atoms with van der Waals surface area (Å²) in [6, 6.07) is 0. The van der Waals surface area contributed by atoms with Gasteiger partial charge in [-0.3, -0.25) is 0 Å². The first-order chi connectivity index (χ1) is 8.11. The topological polar surface area (TPSA) is 95.5 Å². The molecule has 1 aromatic rings. The Morgan fingerprint density at radius 3 is 2.29 bits per heavy atom. The van der Waals surface area contributed by atoms with E-state index < -0.39 is 0 Å². The largest absolute Gasteiger partial charge is 0.395 e. The van der Waals surface area contributed by atoms with Crippen LogP contribution in [0.5, 0.6) is 0 Å². The van der Waals surface area contributed by atoms with Crippen molar-refractivity contribution in [2.45, 2.75) is 19.8 Å². The van der Waals surface area contributed by atoms with Gasteiger partial charge in [0.05, 0.1) is 13.2 Å². The van der Waals surface area contributed by atoms with E-state index in [1.54, 1.807) is 0 Å². The van der Waals surface area contributed by atoms with Crippen molar-refractivity contribution in [3.8, 4) is 0 Å². The van der Waals surface area contributed by atoms with Gasteiger partial charge in [0.15, 0.2) is 0 Å². The molecule has 0 radical (unpaired) electrons. The van der Waals surface area contributed by atoms with Crippen molar-refractivity contribution < 1.29 is 10.2 Å². The van der Waals surface area contributed by atoms with Crippen LogP contribution in [0.1, 0.15) is 25.3 Å². The Balaban J connectivity index is 3.12. The Bertz CT molecular complexity index is 351. The van der Waals surface area contributed by atoms with Gasteiger partial charge >= 0.3 is 0 Å². The lowest BCUT2D eigenvalue weighted by atomic mass is 10.0. The van der Waals surface area contributed by atoms with Crippen molar-refractivity contribution >= 4 is 11.6 Å². The third-order valence-corrected chi connectivity index (χ3v) is 2.51. The van der Waals surface area contributed by atoms with Gasteiger partial charge in [-0.1, -0.05) is 13.8 Å². The van der Waals surface area contributed by atoms with Gasteiger partial charge in [-0.25, -0.2) is 9.97 Å². The van der Waals surface area contributed by atoms with Gasteiger partial charge in [-0.05, 0) is 5.92 Å². The zero-order valence-corrected chi connectivity index (χ0v) is 10.3. The Labute approximate surface area is 101 Å². The predicted octanol–water partition coefficient (Wildman–Crippen LogP) is -0.0268. The average molecular weight is 240 g/mol. The molecule has 1 aromatic heterocycles. The smallest absolute Gasteiger partial charge is 0.137 e. The molecule has 0 atom stereocenters. The first-order valence-corrected chi connectivity index (χ1v) is 5.68. The fourth-order valence-corrected chi connectivity index (χ4v) is 1.77. The number of anilines is 2. The minimum atomic E-state index is 0.00143. The van der Waals surface area contributed by atoms with Gasteiger partial charge in [0.2, 0.25) is 0 Å². The summed E-state index contributed by atoms with van der Waals surface area (Å²) in [4.78, 5) is 10.0. The van der Waals surface area contributed by atoms with Crippen molar-refractivity contribution in [1.82, 2.24) is 9.97 Å². The van der Waals surface area contributed by atoms with Gasteiger partial charge < -0.3 is 20.8 Å². The second-order valence-corrected chi connectivity index (χ2v) is 4.09. The van der Waals surface area contributed by atoms with Gasteiger partial charge in [-0.2, -0.15) is 0 Å². The van der Waals surface area contributed by atoms with E-state index in [0.29, 0.717) is 24.7 Å². The molecule has 0 amide bonds. The van der Waals surface area contributed by atoms with Crippen molar-refractivity contribution in [2.24, 2.45) is 0 Å². The SMILES string of the molecule is CC(C)c1c(N)ncnc1N(CCO)CCO. The molecule has 0 aliphatic rings. The second kappa shape index (κ2) is 6.36. The number of hydrogen-bond acceptors (Lipinski definition) is 6. The van der Waals surface area contributed by atoms with Crippen LogP contribution in [0.4, 0.5) is 11.6 Å². The molecule has 4 N–H and O–H groups in total. The summed E-state index contributed by atoms with van der Waals surface area (Å²) in [5.74, 6) is 1.33. The van der Waals surface area contributed by atoms with E-state index in [1.165, 1.54) is 6.33 Å². The molecule has 0 bridgehead atoms. The molecule has 0 aliphatic carbocycles. The second-order valence-electron chi connectivity index (χ2n) is 4.09. The molecule has 0 unspecified atom stereocenters. The van der Waals surface area contributed by atoms with E-state index in [-0.39, 0.29) is 19.1 Å². The van der Waals surface area contributed by atoms with Crippen LogP contribution in [0.15, 0.2) is 6.33 Å². The highest BCUT2D eigenvalue weighted by atomic mass is 16.3. The minimum absolute atomic E-state index is 0.00143. The summed E-state index contributed by atoms with van der Waals surface area (Å²) in [5.41, 5.74) is 6.71. The van der Waals surface area contributed by atoms with Gasteiger partial charge in [0, 0.05) is 18.7 Å². The van der Waals surface area contributed by atoms with Gasteiger partial charge in [-0.15, -0.1) is 0 Å². The number of nitrogens with zero attached hydrogens (tertiary/aromatic N) is 3. The van der Waals surface area contributed by atoms with Crippen LogP contribution in [0.2, 0.25) is 0 Å². The maximum absolute atomic E-state index is 9.03. The summed E-state index contributed by atoms with van der Waals surface area (Å²) < 4.78 is 0. The zero-order valence-electron chi connectivity index (χ0n) is 10.3. The molecule has 6 heteroatoms. The Kier molecular flexibility index (Phi) is 5.11. The van der Waals surface area contributed by atoms with E-state index in [0.717, 1.165) is 5.56 Å². The van der Waals surface area contributed by atoms with Gasteiger partial charge in [0.1, 0.15) is 18.0 Å². The molecule has 0 saturated heterocycles. The van der Waals surface area contributed by atoms with E-state index in [4.69, 9.17) is 15.9 Å². The maximum Gasteiger partial charge on any atom is 0.137 e. The molecule has 1 rings (SSSR count). The van der Waals surface area contributed by atoms with Crippen molar-refractivity contribution in [1.29, 1.82) is 0 Å². The molecule has 0 aliphatic heterocycles. The Morgan fingerprint density at radius 2 is 1.82 bits per heavy atom. The standard InChI is InChI=1S/C11H20N4O2/c1-8(2)9-10(12)13-7-14-11(9)15(3-5-16)4-6-17/h7-8,16-17H,3-6H2,1-2H3,(H2,12,13,14). The molecule has 1 heterocycles. The molecular weight excluding hydrogens is 220 g/mol. The van der Waals surface area contributed by atoms with Crippen LogP contribution in [0.25, 0.3) is 0 Å². The summed E-state index contributed by atoms with van der Waals surface area (Å²) in [5, 5.41) is 18.1. The minimum Gasteiger partial charge on any atom is -0.395 e. The van der Waals surface area contributed by atoms with Crippen LogP contribution >= 0.6 is 0 Å². The summed E-state index contributed by atoms with van der Waals surface area (Å²) in [6.07, 6.45) is 1.40. The van der Waals surface area contributed by atoms with E-state index >= 15 is 0 Å². The van der Waals surface area contributed by atoms with Crippen LogP contribution in [-0.4, -0.2) is 46.5 Å². The molecule has 6 nitrogen and oxygen atoms in total. The highest BCUT2D eigenvalue weighted by Gasteiger charge is 2.17. The zero-order chi connectivity index (χ0) is 12.8. The third kappa shape index (κ3) is 3.28. The fraction of sp³-hybridized carbons (Fsp3) is 0.636. The fourth-order valence-electron chi connectivity index (χ4n) is 1.77. The summed E-state index contributed by atoms with van der Waals surface area (Å²) in [7, 11) is 0. The predicted molar refractivity (Wildman–Crippen MR) is 66.9 cm³/mol. The molecule has 96 valence electrons. The molecule has 0 spiro atoms. The number of nitrogens with two attached hydrogens (primary N) is 1. The van der Waals surface area contributed by atoms with E-state index in [2.05, 4.69) is 9.97 Å².